The van der Waals surface area contributed by atoms with Crippen molar-refractivity contribution in [3.63, 3.8) is 0 Å². The van der Waals surface area contributed by atoms with Crippen LogP contribution in [0.5, 0.6) is 17.2 Å². The van der Waals surface area contributed by atoms with Gasteiger partial charge in [0.05, 0.1) is 6.10 Å². The largest absolute Gasteiger partial charge is 0.488 e. The predicted octanol–water partition coefficient (Wildman–Crippen LogP) is 2.78. The fourth-order valence-electron chi connectivity index (χ4n) is 3.58. The van der Waals surface area contributed by atoms with Crippen LogP contribution in [0.4, 0.5) is 0 Å². The monoisotopic (exact) mass is 355 g/mol. The molecule has 0 spiro atoms. The third kappa shape index (κ3) is 4.11. The number of nitrogens with one attached hydrogen (secondary N) is 1. The summed E-state index contributed by atoms with van der Waals surface area (Å²) in [7, 11) is 0. The second kappa shape index (κ2) is 7.98. The number of ether oxygens (including phenoxy) is 3. The average Bonchev–Trinajstić information content (AvgIpc) is 2.69. The van der Waals surface area contributed by atoms with Gasteiger partial charge in [0.1, 0.15) is 24.6 Å². The number of aliphatic hydroxyl groups excluding tert-OH is 1. The molecule has 0 bridgehead atoms. The lowest BCUT2D eigenvalue weighted by molar-refractivity contribution is -0.00542. The van der Waals surface area contributed by atoms with Crippen LogP contribution in [0.15, 0.2) is 54.6 Å². The summed E-state index contributed by atoms with van der Waals surface area (Å²) >= 11 is 0. The lowest BCUT2D eigenvalue weighted by atomic mass is 9.90. The van der Waals surface area contributed by atoms with Gasteiger partial charge in [0.2, 0.25) is 0 Å². The van der Waals surface area contributed by atoms with Crippen molar-refractivity contribution in [3.8, 4) is 17.2 Å². The second-order valence-electron chi connectivity index (χ2n) is 6.95. The molecule has 0 radical (unpaired) electrons. The van der Waals surface area contributed by atoms with Crippen LogP contribution in [0.1, 0.15) is 19.3 Å². The zero-order chi connectivity index (χ0) is 17.8. The van der Waals surface area contributed by atoms with Crippen LogP contribution < -0.4 is 19.5 Å². The van der Waals surface area contributed by atoms with E-state index in [2.05, 4.69) is 5.32 Å². The van der Waals surface area contributed by atoms with Gasteiger partial charge in [0, 0.05) is 12.6 Å². The lowest BCUT2D eigenvalue weighted by Gasteiger charge is -2.35. The number of aliphatic hydroxyl groups is 1. The minimum atomic E-state index is -0.467. The van der Waals surface area contributed by atoms with Gasteiger partial charge in [-0.05, 0) is 43.5 Å². The predicted molar refractivity (Wildman–Crippen MR) is 98.9 cm³/mol. The van der Waals surface area contributed by atoms with Crippen molar-refractivity contribution < 1.29 is 19.3 Å². The molecule has 26 heavy (non-hydrogen) atoms. The maximum atomic E-state index is 10.4. The summed E-state index contributed by atoms with van der Waals surface area (Å²) in [6, 6.07) is 17.7. The molecule has 0 aromatic heterocycles. The molecule has 138 valence electrons. The highest BCUT2D eigenvalue weighted by molar-refractivity contribution is 5.40. The Morgan fingerprint density at radius 1 is 1.00 bits per heavy atom. The van der Waals surface area contributed by atoms with Crippen LogP contribution in [0.3, 0.4) is 0 Å². The SMILES string of the molecule is O[C@H]1C[C@@H](NC[C@@H]2COc3ccccc3O2)CC[C@@H]1Oc1ccccc1. The molecule has 5 nitrogen and oxygen atoms in total. The zero-order valence-corrected chi connectivity index (χ0v) is 14.7. The van der Waals surface area contributed by atoms with Gasteiger partial charge in [-0.1, -0.05) is 30.3 Å². The van der Waals surface area contributed by atoms with E-state index < -0.39 is 6.10 Å². The summed E-state index contributed by atoms with van der Waals surface area (Å²) in [6.45, 7) is 1.25. The Morgan fingerprint density at radius 2 is 1.77 bits per heavy atom. The Kier molecular flexibility index (Phi) is 5.27. The van der Waals surface area contributed by atoms with E-state index in [4.69, 9.17) is 14.2 Å². The minimum absolute atomic E-state index is 0.0136. The Bertz CT molecular complexity index is 708. The maximum Gasteiger partial charge on any atom is 0.161 e. The molecule has 0 saturated heterocycles. The lowest BCUT2D eigenvalue weighted by Crippen LogP contribution is -2.48. The van der Waals surface area contributed by atoms with Crippen LogP contribution in [0.2, 0.25) is 0 Å². The first-order chi connectivity index (χ1) is 12.8. The molecule has 1 aliphatic carbocycles. The second-order valence-corrected chi connectivity index (χ2v) is 6.95. The highest BCUT2D eigenvalue weighted by atomic mass is 16.6. The molecule has 2 N–H and O–H groups in total. The van der Waals surface area contributed by atoms with Gasteiger partial charge < -0.3 is 24.6 Å². The highest BCUT2D eigenvalue weighted by Crippen LogP contribution is 2.31. The van der Waals surface area contributed by atoms with Crippen LogP contribution >= 0.6 is 0 Å². The van der Waals surface area contributed by atoms with E-state index in [-0.39, 0.29) is 18.2 Å². The van der Waals surface area contributed by atoms with E-state index >= 15 is 0 Å². The molecule has 2 aromatic rings. The van der Waals surface area contributed by atoms with Gasteiger partial charge in [-0.2, -0.15) is 0 Å². The Labute approximate surface area is 153 Å². The molecule has 1 saturated carbocycles. The molecule has 1 heterocycles. The third-order valence-corrected chi connectivity index (χ3v) is 4.99. The van der Waals surface area contributed by atoms with E-state index in [1.165, 1.54) is 0 Å². The van der Waals surface area contributed by atoms with Crippen molar-refractivity contribution >= 4 is 0 Å². The summed E-state index contributed by atoms with van der Waals surface area (Å²) in [6.07, 6.45) is 1.86. The van der Waals surface area contributed by atoms with Gasteiger partial charge in [-0.25, -0.2) is 0 Å². The molecule has 2 aliphatic rings. The molecule has 4 atom stereocenters. The molecule has 1 fully saturated rings. The molecular weight excluding hydrogens is 330 g/mol. The number of hydrogen-bond donors (Lipinski definition) is 2. The van der Waals surface area contributed by atoms with Gasteiger partial charge in [-0.15, -0.1) is 0 Å². The first kappa shape index (κ1) is 17.2. The summed E-state index contributed by atoms with van der Waals surface area (Å²) in [5.74, 6) is 2.41. The molecule has 0 unspecified atom stereocenters. The Hall–Kier alpha value is -2.24. The molecule has 5 heteroatoms. The third-order valence-electron chi connectivity index (χ3n) is 4.99. The highest BCUT2D eigenvalue weighted by Gasteiger charge is 2.31. The van der Waals surface area contributed by atoms with Crippen LogP contribution in [0.25, 0.3) is 0 Å². The van der Waals surface area contributed by atoms with Crippen LogP contribution in [0, 0.1) is 0 Å². The summed E-state index contributed by atoms with van der Waals surface area (Å²) < 4.78 is 17.6. The number of benzene rings is 2. The van der Waals surface area contributed by atoms with Gasteiger partial charge in [-0.3, -0.25) is 0 Å². The zero-order valence-electron chi connectivity index (χ0n) is 14.7. The van der Waals surface area contributed by atoms with E-state index in [0.29, 0.717) is 19.6 Å². The van der Waals surface area contributed by atoms with Crippen molar-refractivity contribution in [2.75, 3.05) is 13.2 Å². The molecule has 0 amide bonds. The van der Waals surface area contributed by atoms with E-state index in [9.17, 15) is 5.11 Å². The smallest absolute Gasteiger partial charge is 0.161 e. The van der Waals surface area contributed by atoms with E-state index in [1.807, 2.05) is 54.6 Å². The summed E-state index contributed by atoms with van der Waals surface area (Å²) in [5.41, 5.74) is 0. The average molecular weight is 355 g/mol. The van der Waals surface area contributed by atoms with Crippen molar-refractivity contribution in [1.29, 1.82) is 0 Å². The number of fused-ring (bicyclic) bond motifs is 1. The standard InChI is InChI=1S/C21H25NO4/c23-18-12-15(10-11-19(18)25-16-6-2-1-3-7-16)22-13-17-14-24-20-8-4-5-9-21(20)26-17/h1-9,15,17-19,22-23H,10-14H2/t15-,17+,18-,19-/m0/s1. The van der Waals surface area contributed by atoms with Gasteiger partial charge >= 0.3 is 0 Å². The first-order valence-electron chi connectivity index (χ1n) is 9.29. The quantitative estimate of drug-likeness (QED) is 0.864. The maximum absolute atomic E-state index is 10.4. The van der Waals surface area contributed by atoms with Crippen molar-refractivity contribution in [1.82, 2.24) is 5.32 Å². The number of para-hydroxylation sites is 3. The molecular formula is C21H25NO4. The topological polar surface area (TPSA) is 60.0 Å². The van der Waals surface area contributed by atoms with Gasteiger partial charge in [0.25, 0.3) is 0 Å². The van der Waals surface area contributed by atoms with Gasteiger partial charge in [0.15, 0.2) is 11.5 Å². The minimum Gasteiger partial charge on any atom is -0.488 e. The number of hydrogen-bond acceptors (Lipinski definition) is 5. The fourth-order valence-corrected chi connectivity index (χ4v) is 3.58. The Morgan fingerprint density at radius 3 is 2.58 bits per heavy atom. The van der Waals surface area contributed by atoms with E-state index in [1.54, 1.807) is 0 Å². The molecule has 4 rings (SSSR count). The molecule has 1 aliphatic heterocycles. The summed E-state index contributed by atoms with van der Waals surface area (Å²) in [5, 5.41) is 14.0. The first-order valence-corrected chi connectivity index (χ1v) is 9.29. The van der Waals surface area contributed by atoms with Crippen molar-refractivity contribution in [2.45, 2.75) is 43.6 Å². The number of rotatable bonds is 5. The Balaban J connectivity index is 1.24. The normalized spacial score (nSPS) is 27.7. The van der Waals surface area contributed by atoms with Crippen LogP contribution in [-0.2, 0) is 0 Å². The van der Waals surface area contributed by atoms with Crippen molar-refractivity contribution in [3.05, 3.63) is 54.6 Å². The summed E-state index contributed by atoms with van der Waals surface area (Å²) in [4.78, 5) is 0. The van der Waals surface area contributed by atoms with Crippen LogP contribution in [-0.4, -0.2) is 42.6 Å². The van der Waals surface area contributed by atoms with Crippen molar-refractivity contribution in [2.24, 2.45) is 0 Å². The molecule has 2 aromatic carbocycles. The fraction of sp³-hybridized carbons (Fsp3) is 0.429. The van der Waals surface area contributed by atoms with E-state index in [0.717, 1.165) is 30.1 Å².